The first kappa shape index (κ1) is 11.4. The molecule has 0 N–H and O–H groups in total. The summed E-state index contributed by atoms with van der Waals surface area (Å²) in [5.74, 6) is 0. The first-order valence-electron chi connectivity index (χ1n) is 5.46. The molecule has 2 aromatic rings. The largest absolute Gasteiger partial charge is 0.122 e. The monoisotopic (exact) mass is 227 g/mol. The van der Waals surface area contributed by atoms with E-state index >= 15 is 0 Å². The van der Waals surface area contributed by atoms with Crippen molar-refractivity contribution in [3.8, 4) is 0 Å². The van der Waals surface area contributed by atoms with E-state index in [0.29, 0.717) is 0 Å². The van der Waals surface area contributed by atoms with Crippen LogP contribution >= 0.6 is 9.24 Å². The Morgan fingerprint density at radius 1 is 0.812 bits per heavy atom. The zero-order chi connectivity index (χ0) is 11.4. The van der Waals surface area contributed by atoms with E-state index in [1.165, 1.54) is 11.1 Å². The van der Waals surface area contributed by atoms with Gasteiger partial charge >= 0.3 is 0 Å². The Morgan fingerprint density at radius 3 is 1.50 bits per heavy atom. The van der Waals surface area contributed by atoms with E-state index in [4.69, 9.17) is 0 Å². The average Bonchev–Trinajstić information content (AvgIpc) is 2.40. The smallest absolute Gasteiger partial charge is 0.0344 e. The molecule has 0 saturated carbocycles. The van der Waals surface area contributed by atoms with Crippen molar-refractivity contribution in [3.63, 3.8) is 0 Å². The first-order valence-corrected chi connectivity index (χ1v) is 6.04. The van der Waals surface area contributed by atoms with Gasteiger partial charge in [-0.15, -0.1) is 9.24 Å². The predicted molar refractivity (Wildman–Crippen MR) is 73.3 cm³/mol. The summed E-state index contributed by atoms with van der Waals surface area (Å²) >= 11 is 0. The van der Waals surface area contributed by atoms with Crippen LogP contribution in [0.15, 0.2) is 60.7 Å². The fourth-order valence-corrected chi connectivity index (χ4v) is 2.31. The molecule has 2 rings (SSSR count). The molecule has 0 nitrogen and oxygen atoms in total. The summed E-state index contributed by atoms with van der Waals surface area (Å²) in [5, 5.41) is -0.0669. The average molecular weight is 227 g/mol. The molecule has 0 aliphatic heterocycles. The van der Waals surface area contributed by atoms with E-state index in [-0.39, 0.29) is 5.16 Å². The lowest BCUT2D eigenvalue weighted by atomic mass is 9.88. The molecule has 0 aliphatic carbocycles. The van der Waals surface area contributed by atoms with Gasteiger partial charge in [0.25, 0.3) is 0 Å². The minimum absolute atomic E-state index is 0.0669. The Bertz CT molecular complexity index is 394. The highest BCUT2D eigenvalue weighted by Gasteiger charge is 2.26. The van der Waals surface area contributed by atoms with Crippen LogP contribution in [0.3, 0.4) is 0 Å². The van der Waals surface area contributed by atoms with Crippen molar-refractivity contribution in [1.29, 1.82) is 0 Å². The van der Waals surface area contributed by atoms with Crippen molar-refractivity contribution < 1.29 is 0 Å². The van der Waals surface area contributed by atoms with Gasteiger partial charge in [0, 0.05) is 5.16 Å². The maximum absolute atomic E-state index is 4.09. The Labute approximate surface area is 99.9 Å². The third-order valence-electron chi connectivity index (χ3n) is 2.97. The Kier molecular flexibility index (Phi) is 3.41. The zero-order valence-electron chi connectivity index (χ0n) is 9.27. The second-order valence-corrected chi connectivity index (χ2v) is 4.94. The Balaban J connectivity index is 2.49. The van der Waals surface area contributed by atoms with Gasteiger partial charge in [0.05, 0.1) is 0 Å². The fourth-order valence-electron chi connectivity index (χ4n) is 1.93. The molecule has 0 bridgehead atoms. The molecule has 0 spiro atoms. The van der Waals surface area contributed by atoms with Gasteiger partial charge in [-0.1, -0.05) is 67.6 Å². The molecule has 1 heteroatoms. The molecule has 1 atom stereocenters. The summed E-state index contributed by atoms with van der Waals surface area (Å²) in [6.45, 7) is 4.09. The van der Waals surface area contributed by atoms with Gasteiger partial charge in [-0.05, 0) is 17.5 Å². The number of hydrogen-bond donors (Lipinski definition) is 0. The van der Waals surface area contributed by atoms with Crippen molar-refractivity contribution in [1.82, 2.24) is 0 Å². The second-order valence-electron chi connectivity index (χ2n) is 3.95. The van der Waals surface area contributed by atoms with Crippen LogP contribution < -0.4 is 0 Å². The molecule has 0 aromatic heterocycles. The van der Waals surface area contributed by atoms with Gasteiger partial charge in [0.2, 0.25) is 0 Å². The molecule has 16 heavy (non-hydrogen) atoms. The normalized spacial score (nSPS) is 11.4. The van der Waals surface area contributed by atoms with E-state index in [1.54, 1.807) is 0 Å². The van der Waals surface area contributed by atoms with Crippen LogP contribution in [0.2, 0.25) is 0 Å². The van der Waals surface area contributed by atoms with Gasteiger partial charge in [-0.2, -0.15) is 0 Å². The molecule has 1 unspecified atom stereocenters. The molecular formula is C15H16P. The molecule has 2 aromatic carbocycles. The van der Waals surface area contributed by atoms with Crippen LogP contribution in [-0.2, 0) is 5.16 Å². The van der Waals surface area contributed by atoms with Gasteiger partial charge in [-0.25, -0.2) is 0 Å². The van der Waals surface area contributed by atoms with E-state index < -0.39 is 0 Å². The van der Waals surface area contributed by atoms with E-state index in [2.05, 4.69) is 64.7 Å². The van der Waals surface area contributed by atoms with Crippen LogP contribution in [0, 0.1) is 6.92 Å². The van der Waals surface area contributed by atoms with Crippen LogP contribution in [0.4, 0.5) is 0 Å². The minimum atomic E-state index is -0.0669. The molecule has 0 amide bonds. The summed E-state index contributed by atoms with van der Waals surface area (Å²) in [6.07, 6.45) is 0.825. The molecule has 0 aliphatic rings. The molecule has 1 radical (unpaired) electrons. The third kappa shape index (κ3) is 2.03. The second kappa shape index (κ2) is 4.80. The molecule has 81 valence electrons. The van der Waals surface area contributed by atoms with E-state index in [0.717, 1.165) is 6.42 Å². The van der Waals surface area contributed by atoms with E-state index in [9.17, 15) is 0 Å². The standard InChI is InChI=1S/C15H16P/c1-2-15(16,13-9-5-3-6-10-13)14-11-7-4-8-12-14/h3-12H,1-2,16H2. The summed E-state index contributed by atoms with van der Waals surface area (Å²) in [5.41, 5.74) is 2.59. The van der Waals surface area contributed by atoms with Crippen LogP contribution in [0.1, 0.15) is 17.5 Å². The quantitative estimate of drug-likeness (QED) is 0.694. The highest BCUT2D eigenvalue weighted by Crippen LogP contribution is 2.41. The number of hydrogen-bond acceptors (Lipinski definition) is 0. The van der Waals surface area contributed by atoms with Crippen LogP contribution in [0.25, 0.3) is 0 Å². The SMILES string of the molecule is [CH2]CC(P)(c1ccccc1)c1ccccc1. The summed E-state index contributed by atoms with van der Waals surface area (Å²) < 4.78 is 0. The van der Waals surface area contributed by atoms with Crippen molar-refractivity contribution in [2.75, 3.05) is 0 Å². The fraction of sp³-hybridized carbons (Fsp3) is 0.133. The van der Waals surface area contributed by atoms with Crippen LogP contribution in [-0.4, -0.2) is 0 Å². The third-order valence-corrected chi connectivity index (χ3v) is 3.93. The van der Waals surface area contributed by atoms with Gasteiger partial charge in [-0.3, -0.25) is 0 Å². The Morgan fingerprint density at radius 2 is 1.19 bits per heavy atom. The van der Waals surface area contributed by atoms with Gasteiger partial charge in [0.1, 0.15) is 0 Å². The van der Waals surface area contributed by atoms with E-state index in [1.807, 2.05) is 12.1 Å². The number of rotatable bonds is 3. The summed E-state index contributed by atoms with van der Waals surface area (Å²) in [7, 11) is 2.96. The van der Waals surface area contributed by atoms with Crippen LogP contribution in [0.5, 0.6) is 0 Å². The highest BCUT2D eigenvalue weighted by molar-refractivity contribution is 7.19. The molecule has 0 heterocycles. The molecule has 0 fully saturated rings. The van der Waals surface area contributed by atoms with Crippen molar-refractivity contribution >= 4 is 9.24 Å². The summed E-state index contributed by atoms with van der Waals surface area (Å²) in [6, 6.07) is 21.0. The maximum atomic E-state index is 4.09. The lowest BCUT2D eigenvalue weighted by molar-refractivity contribution is 0.753. The highest BCUT2D eigenvalue weighted by atomic mass is 31.0. The van der Waals surface area contributed by atoms with Crippen molar-refractivity contribution in [2.24, 2.45) is 0 Å². The lowest BCUT2D eigenvalue weighted by Crippen LogP contribution is -2.18. The topological polar surface area (TPSA) is 0 Å². The minimum Gasteiger partial charge on any atom is -0.122 e. The Hall–Kier alpha value is -1.13. The first-order chi connectivity index (χ1) is 7.77. The maximum Gasteiger partial charge on any atom is 0.0344 e. The predicted octanol–water partition coefficient (Wildman–Crippen LogP) is 4.03. The molecular weight excluding hydrogens is 211 g/mol. The zero-order valence-corrected chi connectivity index (χ0v) is 10.4. The van der Waals surface area contributed by atoms with Gasteiger partial charge < -0.3 is 0 Å². The van der Waals surface area contributed by atoms with Crippen molar-refractivity contribution in [3.05, 3.63) is 78.7 Å². The van der Waals surface area contributed by atoms with Gasteiger partial charge in [0.15, 0.2) is 0 Å². The summed E-state index contributed by atoms with van der Waals surface area (Å²) in [4.78, 5) is 0. The number of benzene rings is 2. The molecule has 0 saturated heterocycles. The van der Waals surface area contributed by atoms with Crippen molar-refractivity contribution in [2.45, 2.75) is 11.6 Å². The lowest BCUT2D eigenvalue weighted by Gasteiger charge is -2.29.